The summed E-state index contributed by atoms with van der Waals surface area (Å²) in [5.74, 6) is 0.579. The summed E-state index contributed by atoms with van der Waals surface area (Å²) in [6.45, 7) is 3.48. The molecule has 0 aliphatic heterocycles. The van der Waals surface area contributed by atoms with E-state index in [0.29, 0.717) is 11.4 Å². The molecule has 2 aromatic rings. The van der Waals surface area contributed by atoms with Crippen LogP contribution in [0.4, 0.5) is 5.69 Å². The van der Waals surface area contributed by atoms with Crippen molar-refractivity contribution in [3.05, 3.63) is 39.7 Å². The Bertz CT molecular complexity index is 567. The molecular formula is C10H9N5O2. The molecule has 0 fully saturated rings. The van der Waals surface area contributed by atoms with Crippen molar-refractivity contribution >= 4 is 5.69 Å². The summed E-state index contributed by atoms with van der Waals surface area (Å²) >= 11 is 0. The highest BCUT2D eigenvalue weighted by molar-refractivity contribution is 5.68. The van der Waals surface area contributed by atoms with Crippen LogP contribution >= 0.6 is 0 Å². The molecule has 1 aromatic heterocycles. The summed E-state index contributed by atoms with van der Waals surface area (Å²) < 4.78 is 0. The van der Waals surface area contributed by atoms with E-state index in [4.69, 9.17) is 0 Å². The van der Waals surface area contributed by atoms with Crippen LogP contribution in [0.3, 0.4) is 0 Å². The first kappa shape index (κ1) is 11.1. The van der Waals surface area contributed by atoms with E-state index in [-0.39, 0.29) is 11.5 Å². The fourth-order valence-corrected chi connectivity index (χ4v) is 1.38. The van der Waals surface area contributed by atoms with E-state index in [9.17, 15) is 10.1 Å². The summed E-state index contributed by atoms with van der Waals surface area (Å²) in [7, 11) is 0. The maximum Gasteiger partial charge on any atom is 0.280 e. The molecule has 7 nitrogen and oxygen atoms in total. The molecule has 0 radical (unpaired) electrons. The van der Waals surface area contributed by atoms with Crippen molar-refractivity contribution in [2.75, 3.05) is 0 Å². The Hall–Kier alpha value is -2.44. The SMILES string of the molecule is Cc1ccc([N+](=O)[O-])c(-c2nnc(C)nn2)c1. The van der Waals surface area contributed by atoms with E-state index >= 15 is 0 Å². The highest BCUT2D eigenvalue weighted by Gasteiger charge is 2.18. The van der Waals surface area contributed by atoms with Crippen molar-refractivity contribution in [1.82, 2.24) is 20.4 Å². The first-order valence-electron chi connectivity index (χ1n) is 4.87. The lowest BCUT2D eigenvalue weighted by atomic mass is 10.1. The van der Waals surface area contributed by atoms with E-state index in [1.54, 1.807) is 19.1 Å². The molecule has 2 rings (SSSR count). The van der Waals surface area contributed by atoms with Crippen LogP contribution in [-0.2, 0) is 0 Å². The number of aromatic nitrogens is 4. The Morgan fingerprint density at radius 2 is 1.76 bits per heavy atom. The third-order valence-electron chi connectivity index (χ3n) is 2.17. The summed E-state index contributed by atoms with van der Waals surface area (Å²) in [6, 6.07) is 4.73. The molecule has 0 saturated carbocycles. The smallest absolute Gasteiger partial charge is 0.258 e. The fraction of sp³-hybridized carbons (Fsp3) is 0.200. The molecule has 0 unspecified atom stereocenters. The molecule has 0 atom stereocenters. The van der Waals surface area contributed by atoms with Crippen LogP contribution < -0.4 is 0 Å². The van der Waals surface area contributed by atoms with Gasteiger partial charge in [0.25, 0.3) is 5.69 Å². The predicted octanol–water partition coefficient (Wildman–Crippen LogP) is 1.46. The quantitative estimate of drug-likeness (QED) is 0.573. The number of nitro benzene ring substituents is 1. The van der Waals surface area contributed by atoms with Gasteiger partial charge in [0.15, 0.2) is 5.82 Å². The van der Waals surface area contributed by atoms with Crippen LogP contribution in [0.25, 0.3) is 11.4 Å². The average molecular weight is 231 g/mol. The molecule has 0 N–H and O–H groups in total. The summed E-state index contributed by atoms with van der Waals surface area (Å²) in [5, 5.41) is 26.0. The third kappa shape index (κ3) is 2.22. The minimum atomic E-state index is -0.474. The Balaban J connectivity index is 2.60. The number of nitro groups is 1. The topological polar surface area (TPSA) is 94.7 Å². The van der Waals surface area contributed by atoms with E-state index in [0.717, 1.165) is 5.56 Å². The lowest BCUT2D eigenvalue weighted by molar-refractivity contribution is -0.384. The molecule has 1 aromatic carbocycles. The van der Waals surface area contributed by atoms with Crippen molar-refractivity contribution in [3.8, 4) is 11.4 Å². The molecule has 86 valence electrons. The largest absolute Gasteiger partial charge is 0.280 e. The minimum Gasteiger partial charge on any atom is -0.258 e. The first-order chi connectivity index (χ1) is 8.08. The highest BCUT2D eigenvalue weighted by atomic mass is 16.6. The normalized spacial score (nSPS) is 10.2. The Labute approximate surface area is 96.7 Å². The van der Waals surface area contributed by atoms with Gasteiger partial charge in [0.05, 0.1) is 4.92 Å². The number of aryl methyl sites for hydroxylation is 2. The zero-order valence-electron chi connectivity index (χ0n) is 9.28. The van der Waals surface area contributed by atoms with Crippen molar-refractivity contribution in [1.29, 1.82) is 0 Å². The van der Waals surface area contributed by atoms with Gasteiger partial charge in [-0.1, -0.05) is 6.07 Å². The molecule has 0 aliphatic rings. The second kappa shape index (κ2) is 4.20. The first-order valence-corrected chi connectivity index (χ1v) is 4.87. The second-order valence-corrected chi connectivity index (χ2v) is 3.55. The minimum absolute atomic E-state index is 0.0527. The van der Waals surface area contributed by atoms with Gasteiger partial charge in [0, 0.05) is 6.07 Å². The molecule has 17 heavy (non-hydrogen) atoms. The van der Waals surface area contributed by atoms with Crippen molar-refractivity contribution in [3.63, 3.8) is 0 Å². The molecular weight excluding hydrogens is 222 g/mol. The van der Waals surface area contributed by atoms with Crippen molar-refractivity contribution in [2.24, 2.45) is 0 Å². The van der Waals surface area contributed by atoms with Gasteiger partial charge in [-0.2, -0.15) is 0 Å². The summed E-state index contributed by atoms with van der Waals surface area (Å²) in [5.41, 5.74) is 1.16. The summed E-state index contributed by atoms with van der Waals surface area (Å²) in [4.78, 5) is 10.4. The predicted molar refractivity (Wildman–Crippen MR) is 59.2 cm³/mol. The zero-order chi connectivity index (χ0) is 12.4. The van der Waals surface area contributed by atoms with Crippen LogP contribution in [0.2, 0.25) is 0 Å². The van der Waals surface area contributed by atoms with Gasteiger partial charge in [-0.15, -0.1) is 20.4 Å². The average Bonchev–Trinajstić information content (AvgIpc) is 2.29. The highest BCUT2D eigenvalue weighted by Crippen LogP contribution is 2.27. The molecule has 7 heteroatoms. The van der Waals surface area contributed by atoms with Gasteiger partial charge >= 0.3 is 0 Å². The Morgan fingerprint density at radius 3 is 2.35 bits per heavy atom. The van der Waals surface area contributed by atoms with Crippen molar-refractivity contribution < 1.29 is 4.92 Å². The monoisotopic (exact) mass is 231 g/mol. The summed E-state index contributed by atoms with van der Waals surface area (Å²) in [6.07, 6.45) is 0. The number of hydrogen-bond acceptors (Lipinski definition) is 6. The van der Waals surface area contributed by atoms with E-state index in [1.165, 1.54) is 6.07 Å². The van der Waals surface area contributed by atoms with Gasteiger partial charge in [-0.3, -0.25) is 10.1 Å². The van der Waals surface area contributed by atoms with Crippen LogP contribution in [0.1, 0.15) is 11.4 Å². The molecule has 0 spiro atoms. The van der Waals surface area contributed by atoms with Gasteiger partial charge in [-0.25, -0.2) is 0 Å². The van der Waals surface area contributed by atoms with Gasteiger partial charge in [0.2, 0.25) is 5.82 Å². The van der Waals surface area contributed by atoms with Gasteiger partial charge < -0.3 is 0 Å². The molecule has 0 aliphatic carbocycles. The number of nitrogens with zero attached hydrogens (tertiary/aromatic N) is 5. The van der Waals surface area contributed by atoms with E-state index in [2.05, 4.69) is 20.4 Å². The van der Waals surface area contributed by atoms with Crippen molar-refractivity contribution in [2.45, 2.75) is 13.8 Å². The number of rotatable bonds is 2. The second-order valence-electron chi connectivity index (χ2n) is 3.55. The lowest BCUT2D eigenvalue weighted by Crippen LogP contribution is -2.01. The van der Waals surface area contributed by atoms with Crippen LogP contribution in [0.15, 0.2) is 18.2 Å². The van der Waals surface area contributed by atoms with Gasteiger partial charge in [0.1, 0.15) is 5.56 Å². The molecule has 0 amide bonds. The van der Waals surface area contributed by atoms with E-state index in [1.807, 2.05) is 6.92 Å². The van der Waals surface area contributed by atoms with Crippen LogP contribution in [0, 0.1) is 24.0 Å². The maximum atomic E-state index is 10.9. The standard InChI is InChI=1S/C10H9N5O2/c1-6-3-4-9(15(16)17)8(5-6)10-13-11-7(2)12-14-10/h3-5H,1-2H3. The van der Waals surface area contributed by atoms with Crippen LogP contribution in [0.5, 0.6) is 0 Å². The number of hydrogen-bond donors (Lipinski definition) is 0. The number of benzene rings is 1. The fourth-order valence-electron chi connectivity index (χ4n) is 1.38. The Morgan fingerprint density at radius 1 is 1.12 bits per heavy atom. The zero-order valence-corrected chi connectivity index (χ0v) is 9.28. The molecule has 0 saturated heterocycles. The Kier molecular flexibility index (Phi) is 2.73. The lowest BCUT2D eigenvalue weighted by Gasteiger charge is -2.01. The molecule has 0 bridgehead atoms. The van der Waals surface area contributed by atoms with Gasteiger partial charge in [-0.05, 0) is 25.5 Å². The third-order valence-corrected chi connectivity index (χ3v) is 2.17. The maximum absolute atomic E-state index is 10.9. The van der Waals surface area contributed by atoms with Crippen LogP contribution in [-0.4, -0.2) is 25.3 Å². The van der Waals surface area contributed by atoms with E-state index < -0.39 is 4.92 Å². The molecule has 1 heterocycles.